The van der Waals surface area contributed by atoms with Crippen molar-refractivity contribution in [3.8, 4) is 34.3 Å². The van der Waals surface area contributed by atoms with Crippen molar-refractivity contribution in [3.63, 3.8) is 0 Å². The summed E-state index contributed by atoms with van der Waals surface area (Å²) in [7, 11) is 0. The van der Waals surface area contributed by atoms with E-state index in [0.717, 1.165) is 12.1 Å². The monoisotopic (exact) mass is 454 g/mol. The Morgan fingerprint density at radius 2 is 1.75 bits per heavy atom. The van der Waals surface area contributed by atoms with E-state index in [9.17, 15) is 23.1 Å². The third-order valence-corrected chi connectivity index (χ3v) is 4.25. The second-order valence-corrected chi connectivity index (χ2v) is 7.02. The first kappa shape index (κ1) is 25.6. The number of halogens is 3. The van der Waals surface area contributed by atoms with Gasteiger partial charge in [-0.25, -0.2) is 18.2 Å². The number of aliphatic carboxylic acids is 1. The van der Waals surface area contributed by atoms with Crippen LogP contribution in [0.25, 0.3) is 22.6 Å². The molecule has 0 saturated carbocycles. The Hall–Kier alpha value is -2.62. The molecule has 0 aliphatic carbocycles. The van der Waals surface area contributed by atoms with Gasteiger partial charge in [0.15, 0.2) is 17.5 Å². The molecule has 6 nitrogen and oxygen atoms in total. The van der Waals surface area contributed by atoms with E-state index in [1.807, 2.05) is 0 Å². The van der Waals surface area contributed by atoms with Gasteiger partial charge >= 0.3 is 29.6 Å². The van der Waals surface area contributed by atoms with Gasteiger partial charge in [0, 0.05) is 17.2 Å². The Balaban J connectivity index is 0.00000363. The minimum Gasteiger partial charge on any atom is -0.546 e. The van der Waals surface area contributed by atoms with Crippen LogP contribution in [-0.2, 0) is 4.79 Å². The number of carbonyl (C=O) groups is 1. The fourth-order valence-corrected chi connectivity index (χ4v) is 2.67. The molecule has 0 amide bonds. The average molecular weight is 454 g/mol. The van der Waals surface area contributed by atoms with Gasteiger partial charge in [-0.2, -0.15) is 4.98 Å². The molecule has 0 bridgehead atoms. The molecular formula is C22H18F3N2NaO4. The van der Waals surface area contributed by atoms with Crippen LogP contribution in [0.5, 0.6) is 11.6 Å². The van der Waals surface area contributed by atoms with Gasteiger partial charge in [0.05, 0.1) is 18.3 Å². The largest absolute Gasteiger partial charge is 1.00 e. The van der Waals surface area contributed by atoms with Crippen LogP contribution in [0, 0.1) is 17.5 Å². The number of nitrogens with zero attached hydrogens (tertiary/aromatic N) is 2. The number of aromatic nitrogens is 2. The van der Waals surface area contributed by atoms with Gasteiger partial charge < -0.3 is 19.4 Å². The van der Waals surface area contributed by atoms with E-state index in [-0.39, 0.29) is 58.1 Å². The van der Waals surface area contributed by atoms with Gasteiger partial charge in [-0.1, -0.05) is 0 Å². The number of carbonyl (C=O) groups excluding carboxylic acids is 1. The molecule has 1 heterocycles. The van der Waals surface area contributed by atoms with Gasteiger partial charge in [-0.15, -0.1) is 0 Å². The molecule has 0 fully saturated rings. The molecule has 162 valence electrons. The van der Waals surface area contributed by atoms with Crippen LogP contribution in [0.1, 0.15) is 20.8 Å². The van der Waals surface area contributed by atoms with Gasteiger partial charge in [-0.3, -0.25) is 0 Å². The summed E-state index contributed by atoms with van der Waals surface area (Å²) in [6.45, 7) is 4.56. The van der Waals surface area contributed by atoms with E-state index in [1.54, 1.807) is 6.92 Å². The Bertz CT molecular complexity index is 1140. The second-order valence-electron chi connectivity index (χ2n) is 7.02. The average Bonchev–Trinajstić information content (AvgIpc) is 2.71. The standard InChI is InChI=1S/C22H19F3N2O4.Na/c1-4-30-18-8-6-13(23)10-14(18)17-11-19(31-22(2,3)21(28)29)27-20(26-17)12-5-7-15(24)16(25)9-12;/h5-11H,4H2,1-3H3,(H,28,29);/q;+1/p-1. The van der Waals surface area contributed by atoms with Crippen molar-refractivity contribution in [2.24, 2.45) is 0 Å². The molecule has 0 spiro atoms. The van der Waals surface area contributed by atoms with Gasteiger partial charge in [0.25, 0.3) is 0 Å². The number of benzene rings is 2. The number of carboxylic acids is 1. The molecule has 3 aromatic rings. The maximum atomic E-state index is 14.0. The summed E-state index contributed by atoms with van der Waals surface area (Å²) in [5.74, 6) is -4.21. The quantitative estimate of drug-likeness (QED) is 0.485. The second kappa shape index (κ2) is 10.3. The minimum atomic E-state index is -1.76. The number of hydrogen-bond acceptors (Lipinski definition) is 6. The van der Waals surface area contributed by atoms with Crippen molar-refractivity contribution < 1.29 is 62.1 Å². The predicted molar refractivity (Wildman–Crippen MR) is 104 cm³/mol. The Morgan fingerprint density at radius 1 is 1.03 bits per heavy atom. The zero-order chi connectivity index (χ0) is 22.8. The van der Waals surface area contributed by atoms with Crippen LogP contribution in [0.3, 0.4) is 0 Å². The summed E-state index contributed by atoms with van der Waals surface area (Å²) in [5, 5.41) is 11.4. The summed E-state index contributed by atoms with van der Waals surface area (Å²) in [6, 6.07) is 8.14. The number of carboxylic acid groups (broad SMARTS) is 1. The first-order chi connectivity index (χ1) is 14.6. The van der Waals surface area contributed by atoms with Crippen molar-refractivity contribution in [2.45, 2.75) is 26.4 Å². The molecule has 0 aliphatic heterocycles. The molecule has 0 saturated heterocycles. The topological polar surface area (TPSA) is 84.4 Å². The third-order valence-electron chi connectivity index (χ3n) is 4.25. The minimum absolute atomic E-state index is 0. The normalized spacial score (nSPS) is 10.9. The van der Waals surface area contributed by atoms with E-state index in [1.165, 1.54) is 44.2 Å². The van der Waals surface area contributed by atoms with Crippen molar-refractivity contribution in [1.29, 1.82) is 0 Å². The summed E-state index contributed by atoms with van der Waals surface area (Å²) < 4.78 is 52.1. The van der Waals surface area contributed by atoms with E-state index in [4.69, 9.17) is 9.47 Å². The maximum absolute atomic E-state index is 14.0. The van der Waals surface area contributed by atoms with Crippen molar-refractivity contribution in [2.75, 3.05) is 6.61 Å². The van der Waals surface area contributed by atoms with Crippen LogP contribution in [0.2, 0.25) is 0 Å². The van der Waals surface area contributed by atoms with Crippen molar-refractivity contribution >= 4 is 5.97 Å². The predicted octanol–water partition coefficient (Wildman–Crippen LogP) is 0.538. The summed E-state index contributed by atoms with van der Waals surface area (Å²) in [5.41, 5.74) is -1.29. The van der Waals surface area contributed by atoms with Crippen molar-refractivity contribution in [1.82, 2.24) is 9.97 Å². The van der Waals surface area contributed by atoms with Crippen molar-refractivity contribution in [3.05, 3.63) is 59.9 Å². The molecule has 32 heavy (non-hydrogen) atoms. The zero-order valence-corrected chi connectivity index (χ0v) is 19.9. The molecule has 0 atom stereocenters. The van der Waals surface area contributed by atoms with E-state index < -0.39 is 29.0 Å². The Kier molecular flexibility index (Phi) is 8.28. The summed E-state index contributed by atoms with van der Waals surface area (Å²) in [6.07, 6.45) is 0. The molecule has 0 unspecified atom stereocenters. The number of ether oxygens (including phenoxy) is 2. The first-order valence-corrected chi connectivity index (χ1v) is 9.28. The molecule has 3 rings (SSSR count). The summed E-state index contributed by atoms with van der Waals surface area (Å²) >= 11 is 0. The SMILES string of the molecule is CCOc1ccc(F)cc1-c1cc(OC(C)(C)C(=O)[O-])nc(-c2ccc(F)c(F)c2)n1.[Na+]. The van der Waals surface area contributed by atoms with Gasteiger partial charge in [-0.05, 0) is 57.2 Å². The van der Waals surface area contributed by atoms with Crippen LogP contribution >= 0.6 is 0 Å². The molecule has 0 aliphatic rings. The van der Waals surface area contributed by atoms with Crippen LogP contribution in [-0.4, -0.2) is 28.1 Å². The van der Waals surface area contributed by atoms with Gasteiger partial charge in [0.2, 0.25) is 5.88 Å². The smallest absolute Gasteiger partial charge is 0.546 e. The molecule has 10 heteroatoms. The Labute approximate surface area is 204 Å². The van der Waals surface area contributed by atoms with E-state index in [0.29, 0.717) is 12.4 Å². The fourth-order valence-electron chi connectivity index (χ4n) is 2.67. The fraction of sp³-hybridized carbons (Fsp3) is 0.227. The van der Waals surface area contributed by atoms with E-state index in [2.05, 4.69) is 9.97 Å². The summed E-state index contributed by atoms with van der Waals surface area (Å²) in [4.78, 5) is 19.8. The molecule has 2 aromatic carbocycles. The number of rotatable bonds is 7. The number of hydrogen-bond donors (Lipinski definition) is 0. The van der Waals surface area contributed by atoms with Gasteiger partial charge in [0.1, 0.15) is 17.2 Å². The third kappa shape index (κ3) is 5.79. The first-order valence-electron chi connectivity index (χ1n) is 9.28. The van der Waals surface area contributed by atoms with Crippen LogP contribution in [0.4, 0.5) is 13.2 Å². The Morgan fingerprint density at radius 3 is 2.38 bits per heavy atom. The molecule has 0 radical (unpaired) electrons. The maximum Gasteiger partial charge on any atom is 1.00 e. The van der Waals surface area contributed by atoms with E-state index >= 15 is 0 Å². The van der Waals surface area contributed by atoms with Crippen LogP contribution < -0.4 is 44.1 Å². The van der Waals surface area contributed by atoms with Crippen LogP contribution in [0.15, 0.2) is 42.5 Å². The zero-order valence-electron chi connectivity index (χ0n) is 17.9. The molecular weight excluding hydrogens is 436 g/mol. The molecule has 1 aromatic heterocycles. The molecule has 0 N–H and O–H groups in total.